The van der Waals surface area contributed by atoms with Gasteiger partial charge in [-0.1, -0.05) is 42.1 Å². The molecule has 0 radical (unpaired) electrons. The SMILES string of the molecule is Cc1ccccc1-n1c(SCC(=O)Nc2cc(F)ccc2F)nc2ccccc2c1=O. The molecule has 1 N–H and O–H groups in total. The third-order valence-corrected chi connectivity index (χ3v) is 5.57. The molecule has 0 aliphatic heterocycles. The molecular weight excluding hydrogens is 420 g/mol. The van der Waals surface area contributed by atoms with Gasteiger partial charge in [0.1, 0.15) is 11.6 Å². The normalized spacial score (nSPS) is 10.9. The van der Waals surface area contributed by atoms with Gasteiger partial charge >= 0.3 is 0 Å². The summed E-state index contributed by atoms with van der Waals surface area (Å²) < 4.78 is 28.6. The van der Waals surface area contributed by atoms with Crippen LogP contribution in [-0.2, 0) is 4.79 Å². The van der Waals surface area contributed by atoms with Crippen LogP contribution in [0.3, 0.4) is 0 Å². The van der Waals surface area contributed by atoms with Gasteiger partial charge in [-0.3, -0.25) is 14.2 Å². The van der Waals surface area contributed by atoms with E-state index in [4.69, 9.17) is 0 Å². The zero-order valence-corrected chi connectivity index (χ0v) is 17.2. The first-order chi connectivity index (χ1) is 14.9. The van der Waals surface area contributed by atoms with E-state index in [0.717, 1.165) is 35.5 Å². The molecule has 3 aromatic carbocycles. The van der Waals surface area contributed by atoms with E-state index in [9.17, 15) is 18.4 Å². The average Bonchev–Trinajstić information content (AvgIpc) is 2.76. The molecule has 31 heavy (non-hydrogen) atoms. The van der Waals surface area contributed by atoms with Crippen LogP contribution in [0, 0.1) is 18.6 Å². The molecule has 0 bridgehead atoms. The Bertz CT molecular complexity index is 1350. The lowest BCUT2D eigenvalue weighted by Gasteiger charge is -2.15. The topological polar surface area (TPSA) is 64.0 Å². The van der Waals surface area contributed by atoms with Gasteiger partial charge in [0, 0.05) is 6.07 Å². The Hall–Kier alpha value is -3.52. The molecule has 0 saturated carbocycles. The maximum absolute atomic E-state index is 13.8. The highest BCUT2D eigenvalue weighted by molar-refractivity contribution is 7.99. The zero-order valence-electron chi connectivity index (χ0n) is 16.4. The summed E-state index contributed by atoms with van der Waals surface area (Å²) in [5.41, 5.74) is 1.54. The molecule has 156 valence electrons. The summed E-state index contributed by atoms with van der Waals surface area (Å²) in [7, 11) is 0. The molecule has 0 fully saturated rings. The molecular formula is C23H17F2N3O2S. The van der Waals surface area contributed by atoms with Crippen LogP contribution in [-0.4, -0.2) is 21.2 Å². The fourth-order valence-electron chi connectivity index (χ4n) is 3.15. The van der Waals surface area contributed by atoms with Gasteiger partial charge in [0.05, 0.1) is 28.0 Å². The van der Waals surface area contributed by atoms with Crippen LogP contribution < -0.4 is 10.9 Å². The fraction of sp³-hybridized carbons (Fsp3) is 0.0870. The van der Waals surface area contributed by atoms with Gasteiger partial charge in [0.15, 0.2) is 5.16 Å². The minimum Gasteiger partial charge on any atom is -0.323 e. The van der Waals surface area contributed by atoms with Gasteiger partial charge in [-0.25, -0.2) is 13.8 Å². The zero-order chi connectivity index (χ0) is 22.0. The van der Waals surface area contributed by atoms with Gasteiger partial charge < -0.3 is 5.32 Å². The monoisotopic (exact) mass is 437 g/mol. The van der Waals surface area contributed by atoms with Gasteiger partial charge in [-0.05, 0) is 42.8 Å². The Morgan fingerprint density at radius 2 is 1.81 bits per heavy atom. The second kappa shape index (κ2) is 8.69. The summed E-state index contributed by atoms with van der Waals surface area (Å²) in [6.07, 6.45) is 0. The summed E-state index contributed by atoms with van der Waals surface area (Å²) in [6, 6.07) is 17.2. The van der Waals surface area contributed by atoms with Crippen LogP contribution in [0.1, 0.15) is 5.56 Å². The predicted molar refractivity (Wildman–Crippen MR) is 118 cm³/mol. The molecule has 1 heterocycles. The number of carbonyl (C=O) groups is 1. The second-order valence-electron chi connectivity index (χ2n) is 6.80. The first kappa shape index (κ1) is 20.7. The van der Waals surface area contributed by atoms with Crippen molar-refractivity contribution in [1.29, 1.82) is 0 Å². The van der Waals surface area contributed by atoms with Crippen LogP contribution in [0.4, 0.5) is 14.5 Å². The summed E-state index contributed by atoms with van der Waals surface area (Å²) in [5, 5.41) is 3.14. The lowest BCUT2D eigenvalue weighted by Crippen LogP contribution is -2.23. The van der Waals surface area contributed by atoms with E-state index < -0.39 is 17.5 Å². The van der Waals surface area contributed by atoms with Gasteiger partial charge in [-0.15, -0.1) is 0 Å². The van der Waals surface area contributed by atoms with Crippen molar-refractivity contribution >= 4 is 34.3 Å². The summed E-state index contributed by atoms with van der Waals surface area (Å²) in [4.78, 5) is 30.2. The maximum atomic E-state index is 13.8. The van der Waals surface area contributed by atoms with Crippen LogP contribution >= 0.6 is 11.8 Å². The number of nitrogens with one attached hydrogen (secondary N) is 1. The Kier molecular flexibility index (Phi) is 5.81. The highest BCUT2D eigenvalue weighted by atomic mass is 32.2. The van der Waals surface area contributed by atoms with Crippen molar-refractivity contribution in [2.24, 2.45) is 0 Å². The molecule has 5 nitrogen and oxygen atoms in total. The number of benzene rings is 3. The second-order valence-corrected chi connectivity index (χ2v) is 7.74. The number of halogens is 2. The largest absolute Gasteiger partial charge is 0.323 e. The molecule has 0 saturated heterocycles. The van der Waals surface area contributed by atoms with Crippen molar-refractivity contribution < 1.29 is 13.6 Å². The van der Waals surface area contributed by atoms with E-state index >= 15 is 0 Å². The number of hydrogen-bond donors (Lipinski definition) is 1. The third-order valence-electron chi connectivity index (χ3n) is 4.64. The van der Waals surface area contributed by atoms with Crippen molar-refractivity contribution in [3.63, 3.8) is 0 Å². The first-order valence-corrected chi connectivity index (χ1v) is 10.4. The fourth-order valence-corrected chi connectivity index (χ4v) is 3.95. The number of anilines is 1. The number of thioether (sulfide) groups is 1. The Morgan fingerprint density at radius 1 is 1.06 bits per heavy atom. The van der Waals surface area contributed by atoms with Gasteiger partial charge in [-0.2, -0.15) is 0 Å². The minimum atomic E-state index is -0.736. The summed E-state index contributed by atoms with van der Waals surface area (Å²) >= 11 is 1.04. The maximum Gasteiger partial charge on any atom is 0.266 e. The molecule has 0 aliphatic carbocycles. The number of hydrogen-bond acceptors (Lipinski definition) is 4. The van der Waals surface area contributed by atoms with E-state index in [-0.39, 0.29) is 17.0 Å². The van der Waals surface area contributed by atoms with E-state index in [2.05, 4.69) is 10.3 Å². The first-order valence-electron chi connectivity index (χ1n) is 9.39. The van der Waals surface area contributed by atoms with E-state index in [1.54, 1.807) is 30.3 Å². The number of para-hydroxylation sites is 2. The summed E-state index contributed by atoms with van der Waals surface area (Å²) in [5.74, 6) is -2.09. The Labute approximate surface area is 180 Å². The number of nitrogens with zero attached hydrogens (tertiary/aromatic N) is 2. The van der Waals surface area contributed by atoms with Crippen LogP contribution in [0.2, 0.25) is 0 Å². The molecule has 4 aromatic rings. The Morgan fingerprint density at radius 3 is 2.61 bits per heavy atom. The molecule has 0 spiro atoms. The molecule has 1 aromatic heterocycles. The highest BCUT2D eigenvalue weighted by Crippen LogP contribution is 2.23. The van der Waals surface area contributed by atoms with E-state index in [1.165, 1.54) is 4.57 Å². The lowest BCUT2D eigenvalue weighted by molar-refractivity contribution is -0.113. The van der Waals surface area contributed by atoms with Crippen molar-refractivity contribution in [1.82, 2.24) is 9.55 Å². The lowest BCUT2D eigenvalue weighted by atomic mass is 10.2. The van der Waals surface area contributed by atoms with Crippen molar-refractivity contribution in [2.45, 2.75) is 12.1 Å². The number of carbonyl (C=O) groups excluding carboxylic acids is 1. The number of aryl methyl sites for hydroxylation is 1. The van der Waals surface area contributed by atoms with Crippen LogP contribution in [0.5, 0.6) is 0 Å². The molecule has 8 heteroatoms. The highest BCUT2D eigenvalue weighted by Gasteiger charge is 2.16. The smallest absolute Gasteiger partial charge is 0.266 e. The number of aromatic nitrogens is 2. The molecule has 4 rings (SSSR count). The average molecular weight is 437 g/mol. The van der Waals surface area contributed by atoms with Crippen molar-refractivity contribution in [3.05, 3.63) is 94.3 Å². The summed E-state index contributed by atoms with van der Waals surface area (Å²) in [6.45, 7) is 1.88. The van der Waals surface area contributed by atoms with Crippen LogP contribution in [0.25, 0.3) is 16.6 Å². The van der Waals surface area contributed by atoms with Gasteiger partial charge in [0.2, 0.25) is 5.91 Å². The van der Waals surface area contributed by atoms with Gasteiger partial charge in [0.25, 0.3) is 5.56 Å². The molecule has 0 aliphatic rings. The number of fused-ring (bicyclic) bond motifs is 1. The molecule has 0 unspecified atom stereocenters. The third kappa shape index (κ3) is 4.34. The quantitative estimate of drug-likeness (QED) is 0.363. The van der Waals surface area contributed by atoms with Crippen molar-refractivity contribution in [3.8, 4) is 5.69 Å². The molecule has 1 amide bonds. The molecule has 0 atom stereocenters. The predicted octanol–water partition coefficient (Wildman–Crippen LogP) is 4.70. The van der Waals surface area contributed by atoms with Crippen LogP contribution in [0.15, 0.2) is 76.7 Å². The Balaban J connectivity index is 1.69. The number of amides is 1. The minimum absolute atomic E-state index is 0.146. The van der Waals surface area contributed by atoms with E-state index in [0.29, 0.717) is 21.7 Å². The standard InChI is InChI=1S/C23H17F2N3O2S/c1-14-6-2-5-9-20(14)28-22(30)16-7-3-4-8-18(16)27-23(28)31-13-21(29)26-19-12-15(24)10-11-17(19)25/h2-12H,13H2,1H3,(H,26,29). The van der Waals surface area contributed by atoms with Crippen molar-refractivity contribution in [2.75, 3.05) is 11.1 Å². The van der Waals surface area contributed by atoms with E-state index in [1.807, 2.05) is 25.1 Å². The number of rotatable bonds is 5.